The van der Waals surface area contributed by atoms with Gasteiger partial charge in [-0.1, -0.05) is 29.3 Å². The van der Waals surface area contributed by atoms with Crippen LogP contribution in [0.25, 0.3) is 0 Å². The van der Waals surface area contributed by atoms with Crippen LogP contribution in [0.2, 0.25) is 10.0 Å². The average Bonchev–Trinajstić information content (AvgIpc) is 2.72. The molecule has 1 unspecified atom stereocenters. The van der Waals surface area contributed by atoms with E-state index >= 15 is 0 Å². The SMILES string of the molecule is CC(C)(C)OC(=O)N1CCCOC(CO)(c2ccc(Cl)c(Cl)c2)C1. The summed E-state index contributed by atoms with van der Waals surface area (Å²) in [6.45, 7) is 6.26. The number of hydrogen-bond donors (Lipinski definition) is 1. The highest BCUT2D eigenvalue weighted by Crippen LogP contribution is 2.33. The predicted molar refractivity (Wildman–Crippen MR) is 93.6 cm³/mol. The molecule has 1 aromatic carbocycles. The van der Waals surface area contributed by atoms with Gasteiger partial charge in [0.1, 0.15) is 11.2 Å². The first-order valence-electron chi connectivity index (χ1n) is 7.85. The van der Waals surface area contributed by atoms with Crippen molar-refractivity contribution in [2.24, 2.45) is 0 Å². The molecular weight excluding hydrogens is 353 g/mol. The number of aliphatic hydroxyl groups excluding tert-OH is 1. The highest BCUT2D eigenvalue weighted by atomic mass is 35.5. The standard InChI is InChI=1S/C17H23Cl2NO4/c1-16(2,3)24-15(22)20-7-4-8-23-17(10-20,11-21)12-5-6-13(18)14(19)9-12/h5-6,9,21H,4,7-8,10-11H2,1-3H3. The first-order chi connectivity index (χ1) is 11.2. The fourth-order valence-corrected chi connectivity index (χ4v) is 2.88. The summed E-state index contributed by atoms with van der Waals surface area (Å²) in [7, 11) is 0. The molecule has 1 fully saturated rings. The largest absolute Gasteiger partial charge is 0.444 e. The van der Waals surface area contributed by atoms with Gasteiger partial charge >= 0.3 is 6.09 Å². The van der Waals surface area contributed by atoms with Crippen LogP contribution < -0.4 is 0 Å². The van der Waals surface area contributed by atoms with Gasteiger partial charge in [-0.2, -0.15) is 0 Å². The van der Waals surface area contributed by atoms with Crippen molar-refractivity contribution >= 4 is 29.3 Å². The van der Waals surface area contributed by atoms with Crippen molar-refractivity contribution in [1.82, 2.24) is 4.90 Å². The van der Waals surface area contributed by atoms with Gasteiger partial charge in [-0.25, -0.2) is 4.79 Å². The predicted octanol–water partition coefficient (Wildman–Crippen LogP) is 3.84. The second-order valence-electron chi connectivity index (χ2n) is 6.89. The van der Waals surface area contributed by atoms with Crippen LogP contribution in [0, 0.1) is 0 Å². The van der Waals surface area contributed by atoms with Gasteiger partial charge in [-0.05, 0) is 44.9 Å². The molecule has 2 rings (SSSR count). The maximum absolute atomic E-state index is 12.4. The second kappa shape index (κ2) is 7.48. The molecule has 1 aliphatic heterocycles. The van der Waals surface area contributed by atoms with Gasteiger partial charge in [0.25, 0.3) is 0 Å². The maximum atomic E-state index is 12.4. The van der Waals surface area contributed by atoms with Crippen LogP contribution in [0.5, 0.6) is 0 Å². The van der Waals surface area contributed by atoms with Crippen molar-refractivity contribution in [3.05, 3.63) is 33.8 Å². The zero-order valence-corrected chi connectivity index (χ0v) is 15.7. The van der Waals surface area contributed by atoms with Crippen LogP contribution in [0.3, 0.4) is 0 Å². The topological polar surface area (TPSA) is 59.0 Å². The molecule has 1 heterocycles. The summed E-state index contributed by atoms with van der Waals surface area (Å²) < 4.78 is 11.4. The van der Waals surface area contributed by atoms with Crippen molar-refractivity contribution in [3.8, 4) is 0 Å². The first kappa shape index (κ1) is 19.3. The Bertz CT molecular complexity index is 603. The van der Waals surface area contributed by atoms with Crippen LogP contribution >= 0.6 is 23.2 Å². The first-order valence-corrected chi connectivity index (χ1v) is 8.61. The van der Waals surface area contributed by atoms with E-state index in [2.05, 4.69) is 0 Å². The molecule has 1 atom stereocenters. The van der Waals surface area contributed by atoms with E-state index in [1.165, 1.54) is 0 Å². The number of carbonyl (C=O) groups excluding carboxylic acids is 1. The Balaban J connectivity index is 2.30. The van der Waals surface area contributed by atoms with E-state index in [0.717, 1.165) is 0 Å². The summed E-state index contributed by atoms with van der Waals surface area (Å²) in [6.07, 6.45) is 0.230. The summed E-state index contributed by atoms with van der Waals surface area (Å²) in [5, 5.41) is 10.8. The number of nitrogens with zero attached hydrogens (tertiary/aromatic N) is 1. The lowest BCUT2D eigenvalue weighted by Gasteiger charge is -2.35. The average molecular weight is 376 g/mol. The van der Waals surface area contributed by atoms with Crippen LogP contribution in [-0.4, -0.2) is 48.0 Å². The minimum Gasteiger partial charge on any atom is -0.444 e. The Morgan fingerprint density at radius 2 is 2.08 bits per heavy atom. The third-order valence-corrected chi connectivity index (χ3v) is 4.49. The molecular formula is C17H23Cl2NO4. The molecule has 0 saturated carbocycles. The van der Waals surface area contributed by atoms with Gasteiger partial charge in [0.15, 0.2) is 0 Å². The smallest absolute Gasteiger partial charge is 0.410 e. The van der Waals surface area contributed by atoms with Crippen LogP contribution in [0.4, 0.5) is 4.79 Å². The van der Waals surface area contributed by atoms with Crippen molar-refractivity contribution in [1.29, 1.82) is 0 Å². The van der Waals surface area contributed by atoms with Crippen molar-refractivity contribution in [3.63, 3.8) is 0 Å². The van der Waals surface area contributed by atoms with E-state index in [-0.39, 0.29) is 13.2 Å². The molecule has 0 bridgehead atoms. The number of ether oxygens (including phenoxy) is 2. The van der Waals surface area contributed by atoms with E-state index < -0.39 is 17.3 Å². The molecule has 1 saturated heterocycles. The lowest BCUT2D eigenvalue weighted by Crippen LogP contribution is -2.47. The van der Waals surface area contributed by atoms with Gasteiger partial charge in [-0.15, -0.1) is 0 Å². The third kappa shape index (κ3) is 4.54. The van der Waals surface area contributed by atoms with E-state index in [9.17, 15) is 9.90 Å². The summed E-state index contributed by atoms with van der Waals surface area (Å²) in [4.78, 5) is 14.0. The molecule has 0 aromatic heterocycles. The molecule has 0 spiro atoms. The van der Waals surface area contributed by atoms with Crippen molar-refractivity contribution < 1.29 is 19.4 Å². The third-order valence-electron chi connectivity index (χ3n) is 3.75. The van der Waals surface area contributed by atoms with E-state index in [1.54, 1.807) is 23.1 Å². The van der Waals surface area contributed by atoms with Gasteiger partial charge in [0, 0.05) is 13.2 Å². The number of carbonyl (C=O) groups is 1. The maximum Gasteiger partial charge on any atom is 0.410 e. The number of aliphatic hydroxyl groups is 1. The minimum atomic E-state index is -1.05. The zero-order valence-electron chi connectivity index (χ0n) is 14.1. The second-order valence-corrected chi connectivity index (χ2v) is 7.70. The normalized spacial score (nSPS) is 22.2. The number of hydrogen-bond acceptors (Lipinski definition) is 4. The Hall–Kier alpha value is -1.01. The molecule has 1 aromatic rings. The van der Waals surface area contributed by atoms with Gasteiger partial charge in [-0.3, -0.25) is 0 Å². The quantitative estimate of drug-likeness (QED) is 0.852. The zero-order chi connectivity index (χ0) is 18.0. The molecule has 5 nitrogen and oxygen atoms in total. The van der Waals surface area contributed by atoms with Crippen molar-refractivity contribution in [2.45, 2.75) is 38.4 Å². The van der Waals surface area contributed by atoms with Crippen LogP contribution in [-0.2, 0) is 15.1 Å². The van der Waals surface area contributed by atoms with E-state index in [1.807, 2.05) is 20.8 Å². The molecule has 1 N–H and O–H groups in total. The fraction of sp³-hybridized carbons (Fsp3) is 0.588. The summed E-state index contributed by atoms with van der Waals surface area (Å²) >= 11 is 12.1. The van der Waals surface area contributed by atoms with E-state index in [0.29, 0.717) is 35.2 Å². The lowest BCUT2D eigenvalue weighted by atomic mass is 9.93. The molecule has 134 valence electrons. The molecule has 1 aliphatic rings. The molecule has 0 radical (unpaired) electrons. The van der Waals surface area contributed by atoms with Crippen LogP contribution in [0.1, 0.15) is 32.8 Å². The van der Waals surface area contributed by atoms with Gasteiger partial charge in [0.05, 0.1) is 23.2 Å². The number of halogens is 2. The Morgan fingerprint density at radius 3 is 2.67 bits per heavy atom. The summed E-state index contributed by atoms with van der Waals surface area (Å²) in [5.41, 5.74) is -0.966. The number of amides is 1. The molecule has 24 heavy (non-hydrogen) atoms. The van der Waals surface area contributed by atoms with Gasteiger partial charge in [0.2, 0.25) is 0 Å². The molecule has 7 heteroatoms. The van der Waals surface area contributed by atoms with Crippen molar-refractivity contribution in [2.75, 3.05) is 26.3 Å². The van der Waals surface area contributed by atoms with E-state index in [4.69, 9.17) is 32.7 Å². The molecule has 0 aliphatic carbocycles. The Labute approximate surface area is 152 Å². The monoisotopic (exact) mass is 375 g/mol. The Kier molecular flexibility index (Phi) is 6.02. The highest BCUT2D eigenvalue weighted by Gasteiger charge is 2.39. The highest BCUT2D eigenvalue weighted by molar-refractivity contribution is 6.42. The van der Waals surface area contributed by atoms with Gasteiger partial charge < -0.3 is 19.5 Å². The lowest BCUT2D eigenvalue weighted by molar-refractivity contribution is -0.0865. The summed E-state index contributed by atoms with van der Waals surface area (Å²) in [5.74, 6) is 0. The number of benzene rings is 1. The minimum absolute atomic E-state index is 0.177. The molecule has 1 amide bonds. The fourth-order valence-electron chi connectivity index (χ4n) is 2.58. The number of rotatable bonds is 2. The van der Waals surface area contributed by atoms with Crippen LogP contribution in [0.15, 0.2) is 18.2 Å². The summed E-state index contributed by atoms with van der Waals surface area (Å²) in [6, 6.07) is 5.07. The Morgan fingerprint density at radius 1 is 1.38 bits per heavy atom.